The van der Waals surface area contributed by atoms with Crippen molar-refractivity contribution in [2.45, 2.75) is 59.1 Å². The highest BCUT2D eigenvalue weighted by Crippen LogP contribution is 2.33. The standard InChI is InChI=1S/C27H38N2O6/c1-7-20(15-19-11-9-8-10-12-19)24(35-16-17(2)3)18(4)27(5,26(32)33)29-25(31)22-23(30)21(34-6)13-14-28-22/h8-14,17-18,20,24,30H,7,15-16H2,1-6H3,(H,29,31)(H,32,33)/t18-,20-,24+,27+/m1/s1. The fourth-order valence-electron chi connectivity index (χ4n) is 4.15. The summed E-state index contributed by atoms with van der Waals surface area (Å²) in [4.78, 5) is 29.6. The summed E-state index contributed by atoms with van der Waals surface area (Å²) in [5, 5.41) is 23.2. The van der Waals surface area contributed by atoms with Gasteiger partial charge in [-0.15, -0.1) is 0 Å². The maximum absolute atomic E-state index is 13.1. The third-order valence-corrected chi connectivity index (χ3v) is 6.49. The molecule has 2 aromatic rings. The highest BCUT2D eigenvalue weighted by molar-refractivity contribution is 5.98. The largest absolute Gasteiger partial charge is 0.503 e. The Hall–Kier alpha value is -3.13. The summed E-state index contributed by atoms with van der Waals surface area (Å²) in [5.74, 6) is -2.72. The Bertz CT molecular complexity index is 981. The summed E-state index contributed by atoms with van der Waals surface area (Å²) in [5.41, 5.74) is -0.865. The zero-order valence-electron chi connectivity index (χ0n) is 21.4. The summed E-state index contributed by atoms with van der Waals surface area (Å²) in [6.45, 7) is 9.84. The summed E-state index contributed by atoms with van der Waals surface area (Å²) < 4.78 is 11.4. The van der Waals surface area contributed by atoms with Crippen LogP contribution in [0.5, 0.6) is 11.5 Å². The molecule has 192 valence electrons. The number of rotatable bonds is 13. The molecule has 8 nitrogen and oxygen atoms in total. The molecule has 3 N–H and O–H groups in total. The summed E-state index contributed by atoms with van der Waals surface area (Å²) in [6.07, 6.45) is 2.35. The molecule has 0 bridgehead atoms. The average Bonchev–Trinajstić information content (AvgIpc) is 2.83. The van der Waals surface area contributed by atoms with Gasteiger partial charge in [0.25, 0.3) is 5.91 Å². The van der Waals surface area contributed by atoms with Crippen LogP contribution in [0, 0.1) is 17.8 Å². The Morgan fingerprint density at radius 1 is 1.14 bits per heavy atom. The van der Waals surface area contributed by atoms with E-state index < -0.39 is 35.2 Å². The van der Waals surface area contributed by atoms with Crippen molar-refractivity contribution in [1.82, 2.24) is 10.3 Å². The second-order valence-corrected chi connectivity index (χ2v) is 9.51. The van der Waals surface area contributed by atoms with Crippen LogP contribution in [0.2, 0.25) is 0 Å². The number of carbonyl (C=O) groups excluding carboxylic acids is 1. The van der Waals surface area contributed by atoms with Crippen molar-refractivity contribution in [2.75, 3.05) is 13.7 Å². The van der Waals surface area contributed by atoms with Crippen LogP contribution in [0.15, 0.2) is 42.6 Å². The Kier molecular flexibility index (Phi) is 10.1. The minimum Gasteiger partial charge on any atom is -0.503 e. The van der Waals surface area contributed by atoms with Gasteiger partial charge in [-0.25, -0.2) is 9.78 Å². The van der Waals surface area contributed by atoms with Gasteiger partial charge in [-0.1, -0.05) is 64.4 Å². The molecule has 8 heteroatoms. The lowest BCUT2D eigenvalue weighted by molar-refractivity contribution is -0.150. The molecule has 2 rings (SSSR count). The number of nitrogens with one attached hydrogen (secondary N) is 1. The van der Waals surface area contributed by atoms with Crippen molar-refractivity contribution < 1.29 is 29.3 Å². The summed E-state index contributed by atoms with van der Waals surface area (Å²) >= 11 is 0. The molecule has 0 unspecified atom stereocenters. The van der Waals surface area contributed by atoms with Crippen LogP contribution in [-0.4, -0.2) is 52.4 Å². The molecule has 0 saturated heterocycles. The van der Waals surface area contributed by atoms with E-state index in [1.165, 1.54) is 26.3 Å². The maximum atomic E-state index is 13.1. The Labute approximate surface area is 207 Å². The van der Waals surface area contributed by atoms with Gasteiger partial charge in [-0.2, -0.15) is 0 Å². The molecule has 0 fully saturated rings. The number of methoxy groups -OCH3 is 1. The zero-order valence-corrected chi connectivity index (χ0v) is 21.4. The molecule has 0 aliphatic carbocycles. The highest BCUT2D eigenvalue weighted by atomic mass is 16.5. The van der Waals surface area contributed by atoms with Crippen molar-refractivity contribution in [3.63, 3.8) is 0 Å². The van der Waals surface area contributed by atoms with Crippen LogP contribution in [0.4, 0.5) is 0 Å². The van der Waals surface area contributed by atoms with Gasteiger partial charge in [-0.3, -0.25) is 4.79 Å². The average molecular weight is 487 g/mol. The highest BCUT2D eigenvalue weighted by Gasteiger charge is 2.47. The van der Waals surface area contributed by atoms with Gasteiger partial charge in [0.05, 0.1) is 13.2 Å². The number of aromatic nitrogens is 1. The predicted molar refractivity (Wildman–Crippen MR) is 134 cm³/mol. The van der Waals surface area contributed by atoms with Gasteiger partial charge in [0.1, 0.15) is 5.54 Å². The molecular formula is C27H38N2O6. The number of pyridine rings is 1. The van der Waals surface area contributed by atoms with Gasteiger partial charge in [0.2, 0.25) is 0 Å². The molecule has 0 radical (unpaired) electrons. The smallest absolute Gasteiger partial charge is 0.329 e. The number of carboxylic acid groups (broad SMARTS) is 1. The minimum atomic E-state index is -1.69. The molecule has 4 atom stereocenters. The van der Waals surface area contributed by atoms with Gasteiger partial charge in [0.15, 0.2) is 17.2 Å². The first-order chi connectivity index (χ1) is 16.5. The van der Waals surface area contributed by atoms with Crippen LogP contribution in [0.1, 0.15) is 57.1 Å². The second-order valence-electron chi connectivity index (χ2n) is 9.51. The molecule has 35 heavy (non-hydrogen) atoms. The quantitative estimate of drug-likeness (QED) is 0.386. The zero-order chi connectivity index (χ0) is 26.2. The topological polar surface area (TPSA) is 118 Å². The Balaban J connectivity index is 2.40. The van der Waals surface area contributed by atoms with E-state index in [1.807, 2.05) is 44.2 Å². The Morgan fingerprint density at radius 3 is 2.34 bits per heavy atom. The third-order valence-electron chi connectivity index (χ3n) is 6.49. The minimum absolute atomic E-state index is 0.0186. The molecule has 0 aliphatic rings. The predicted octanol–water partition coefficient (Wildman–Crippen LogP) is 4.32. The van der Waals surface area contributed by atoms with E-state index >= 15 is 0 Å². The first-order valence-electron chi connectivity index (χ1n) is 12.0. The van der Waals surface area contributed by atoms with E-state index in [9.17, 15) is 19.8 Å². The molecule has 1 heterocycles. The van der Waals surface area contributed by atoms with Crippen molar-refractivity contribution >= 4 is 11.9 Å². The van der Waals surface area contributed by atoms with Crippen LogP contribution >= 0.6 is 0 Å². The summed E-state index contributed by atoms with van der Waals surface area (Å²) in [7, 11) is 1.36. The lowest BCUT2D eigenvalue weighted by Gasteiger charge is -2.40. The van der Waals surface area contributed by atoms with Gasteiger partial charge in [0, 0.05) is 24.8 Å². The number of aliphatic carboxylic acids is 1. The van der Waals surface area contributed by atoms with E-state index in [-0.39, 0.29) is 23.3 Å². The molecule has 0 spiro atoms. The molecule has 1 aromatic carbocycles. The van der Waals surface area contributed by atoms with E-state index in [0.29, 0.717) is 13.0 Å². The number of carboxylic acids is 1. The number of aromatic hydroxyl groups is 1. The SMILES string of the molecule is CC[C@H](Cc1ccccc1)[C@@H](OCC(C)C)[C@@H](C)[C@](C)(NC(=O)c1nccc(OC)c1O)C(=O)O. The molecule has 0 saturated carbocycles. The molecular weight excluding hydrogens is 448 g/mol. The normalized spacial score (nSPS) is 15.6. The fraction of sp³-hybridized carbons (Fsp3) is 0.519. The van der Waals surface area contributed by atoms with E-state index in [2.05, 4.69) is 17.2 Å². The molecule has 0 aliphatic heterocycles. The van der Waals surface area contributed by atoms with Gasteiger partial charge in [-0.05, 0) is 30.7 Å². The lowest BCUT2D eigenvalue weighted by atomic mass is 9.75. The van der Waals surface area contributed by atoms with Crippen molar-refractivity contribution in [3.8, 4) is 11.5 Å². The van der Waals surface area contributed by atoms with Crippen LogP contribution in [-0.2, 0) is 16.0 Å². The number of carbonyl (C=O) groups is 2. The van der Waals surface area contributed by atoms with E-state index in [4.69, 9.17) is 9.47 Å². The van der Waals surface area contributed by atoms with Crippen LogP contribution < -0.4 is 10.1 Å². The fourth-order valence-corrected chi connectivity index (χ4v) is 4.15. The Morgan fingerprint density at radius 2 is 1.80 bits per heavy atom. The van der Waals surface area contributed by atoms with E-state index in [1.54, 1.807) is 6.92 Å². The molecule has 1 aromatic heterocycles. The number of ether oxygens (including phenoxy) is 2. The van der Waals surface area contributed by atoms with Crippen LogP contribution in [0.25, 0.3) is 0 Å². The number of hydrogen-bond donors (Lipinski definition) is 3. The molecule has 1 amide bonds. The first-order valence-corrected chi connectivity index (χ1v) is 12.0. The van der Waals surface area contributed by atoms with Crippen molar-refractivity contribution in [3.05, 3.63) is 53.9 Å². The maximum Gasteiger partial charge on any atom is 0.329 e. The van der Waals surface area contributed by atoms with Crippen molar-refractivity contribution in [1.29, 1.82) is 0 Å². The van der Waals surface area contributed by atoms with Crippen molar-refractivity contribution in [2.24, 2.45) is 17.8 Å². The first kappa shape index (κ1) is 28.1. The van der Waals surface area contributed by atoms with Crippen LogP contribution in [0.3, 0.4) is 0 Å². The number of amides is 1. The second kappa shape index (κ2) is 12.5. The van der Waals surface area contributed by atoms with E-state index in [0.717, 1.165) is 12.0 Å². The third kappa shape index (κ3) is 6.94. The number of benzene rings is 1. The number of hydrogen-bond acceptors (Lipinski definition) is 6. The summed E-state index contributed by atoms with van der Waals surface area (Å²) in [6, 6.07) is 11.4. The number of nitrogens with zero attached hydrogens (tertiary/aromatic N) is 1. The van der Waals surface area contributed by atoms with Gasteiger partial charge < -0.3 is 25.0 Å². The van der Waals surface area contributed by atoms with Gasteiger partial charge >= 0.3 is 5.97 Å². The lowest BCUT2D eigenvalue weighted by Crippen LogP contribution is -2.60. The monoisotopic (exact) mass is 486 g/mol.